The van der Waals surface area contributed by atoms with Crippen LogP contribution in [0.25, 0.3) is 11.3 Å². The zero-order chi connectivity index (χ0) is 17.3. The second-order valence-electron chi connectivity index (χ2n) is 5.56. The van der Waals surface area contributed by atoms with Crippen LogP contribution in [0.3, 0.4) is 0 Å². The topological polar surface area (TPSA) is 78.0 Å². The molecule has 0 amide bonds. The summed E-state index contributed by atoms with van der Waals surface area (Å²) in [5.74, 6) is 0. The smallest absolute Gasteiger partial charge is 0.272 e. The van der Waals surface area contributed by atoms with E-state index >= 15 is 0 Å². The molecule has 3 aromatic rings. The van der Waals surface area contributed by atoms with E-state index in [9.17, 15) is 14.9 Å². The highest BCUT2D eigenvalue weighted by atomic mass is 32.1. The van der Waals surface area contributed by atoms with Crippen molar-refractivity contribution >= 4 is 17.0 Å². The first-order chi connectivity index (χ1) is 11.4. The van der Waals surface area contributed by atoms with Crippen LogP contribution >= 0.6 is 11.3 Å². The van der Waals surface area contributed by atoms with E-state index in [-0.39, 0.29) is 11.2 Å². The third kappa shape index (κ3) is 3.26. The van der Waals surface area contributed by atoms with Gasteiger partial charge in [0.25, 0.3) is 11.2 Å². The summed E-state index contributed by atoms with van der Waals surface area (Å²) in [5, 5.41) is 13.7. The maximum Gasteiger partial charge on any atom is 0.272 e. The molecule has 7 heteroatoms. The van der Waals surface area contributed by atoms with Crippen LogP contribution < -0.4 is 5.56 Å². The van der Waals surface area contributed by atoms with Gasteiger partial charge in [0.05, 0.1) is 17.2 Å². The Labute approximate surface area is 142 Å². The minimum Gasteiger partial charge on any atom is -0.309 e. The molecule has 0 aliphatic rings. The molecule has 1 aromatic carbocycles. The Bertz CT molecular complexity index is 975. The van der Waals surface area contributed by atoms with E-state index in [1.54, 1.807) is 29.8 Å². The van der Waals surface area contributed by atoms with E-state index in [4.69, 9.17) is 0 Å². The predicted molar refractivity (Wildman–Crippen MR) is 93.5 cm³/mol. The number of nitrogens with zero attached hydrogens (tertiary/aromatic N) is 3. The molecule has 0 fully saturated rings. The van der Waals surface area contributed by atoms with Crippen molar-refractivity contribution in [2.75, 3.05) is 0 Å². The van der Waals surface area contributed by atoms with E-state index in [1.165, 1.54) is 17.4 Å². The van der Waals surface area contributed by atoms with Gasteiger partial charge in [-0.1, -0.05) is 12.1 Å². The molecule has 3 rings (SSSR count). The molecular weight excluding hydrogens is 326 g/mol. The molecule has 0 radical (unpaired) electrons. The van der Waals surface area contributed by atoms with Crippen molar-refractivity contribution in [3.05, 3.63) is 78.5 Å². The van der Waals surface area contributed by atoms with Crippen LogP contribution in [0.2, 0.25) is 0 Å². The lowest BCUT2D eigenvalue weighted by Crippen LogP contribution is -2.19. The van der Waals surface area contributed by atoms with Crippen molar-refractivity contribution in [3.8, 4) is 11.3 Å². The maximum atomic E-state index is 11.9. The molecule has 0 bridgehead atoms. The summed E-state index contributed by atoms with van der Waals surface area (Å²) in [4.78, 5) is 27.1. The van der Waals surface area contributed by atoms with Crippen molar-refractivity contribution in [1.82, 2.24) is 9.55 Å². The Morgan fingerprint density at radius 3 is 2.75 bits per heavy atom. The Balaban J connectivity index is 1.89. The van der Waals surface area contributed by atoms with Crippen LogP contribution in [0.5, 0.6) is 0 Å². The van der Waals surface area contributed by atoms with Gasteiger partial charge in [0.1, 0.15) is 5.01 Å². The van der Waals surface area contributed by atoms with E-state index in [1.807, 2.05) is 24.4 Å². The third-order valence-corrected chi connectivity index (χ3v) is 4.54. The van der Waals surface area contributed by atoms with Gasteiger partial charge in [0.15, 0.2) is 0 Å². The average Bonchev–Trinajstić information content (AvgIpc) is 2.99. The number of pyridine rings is 1. The van der Waals surface area contributed by atoms with Crippen LogP contribution in [0.15, 0.2) is 46.7 Å². The maximum absolute atomic E-state index is 11.9. The first kappa shape index (κ1) is 16.1. The van der Waals surface area contributed by atoms with Gasteiger partial charge in [0.2, 0.25) is 0 Å². The highest BCUT2D eigenvalue weighted by molar-refractivity contribution is 7.09. The Hall–Kier alpha value is -2.80. The van der Waals surface area contributed by atoms with Crippen LogP contribution in [-0.4, -0.2) is 14.5 Å². The van der Waals surface area contributed by atoms with Crippen molar-refractivity contribution in [2.24, 2.45) is 0 Å². The van der Waals surface area contributed by atoms with Crippen molar-refractivity contribution in [1.29, 1.82) is 0 Å². The van der Waals surface area contributed by atoms with Gasteiger partial charge < -0.3 is 4.57 Å². The summed E-state index contributed by atoms with van der Waals surface area (Å²) < 4.78 is 1.59. The van der Waals surface area contributed by atoms with Crippen molar-refractivity contribution in [2.45, 2.75) is 20.4 Å². The van der Waals surface area contributed by atoms with Crippen molar-refractivity contribution < 1.29 is 4.92 Å². The molecular formula is C17H15N3O3S. The summed E-state index contributed by atoms with van der Waals surface area (Å²) in [6.07, 6.45) is 1.75. The lowest BCUT2D eigenvalue weighted by molar-refractivity contribution is -0.385. The normalized spacial score (nSPS) is 10.8. The summed E-state index contributed by atoms with van der Waals surface area (Å²) in [6.45, 7) is 3.97. The van der Waals surface area contributed by atoms with Crippen LogP contribution in [0, 0.1) is 24.0 Å². The number of aryl methyl sites for hydroxylation is 2. The number of hydrogen-bond donors (Lipinski definition) is 0. The Morgan fingerprint density at radius 2 is 2.04 bits per heavy atom. The van der Waals surface area contributed by atoms with E-state index in [0.29, 0.717) is 23.4 Å². The quantitative estimate of drug-likeness (QED) is 0.537. The second kappa shape index (κ2) is 6.37. The van der Waals surface area contributed by atoms with E-state index < -0.39 is 4.92 Å². The molecule has 0 spiro atoms. The summed E-state index contributed by atoms with van der Waals surface area (Å²) >= 11 is 1.43. The van der Waals surface area contributed by atoms with Crippen LogP contribution in [0.1, 0.15) is 16.1 Å². The number of nitro benzene ring substituents is 1. The lowest BCUT2D eigenvalue weighted by Gasteiger charge is -2.03. The highest BCUT2D eigenvalue weighted by Gasteiger charge is 2.13. The zero-order valence-electron chi connectivity index (χ0n) is 13.2. The number of aromatic nitrogens is 2. The van der Waals surface area contributed by atoms with E-state index in [0.717, 1.165) is 10.6 Å². The molecule has 0 N–H and O–H groups in total. The van der Waals surface area contributed by atoms with E-state index in [2.05, 4.69) is 4.98 Å². The fraction of sp³-hybridized carbons (Fsp3) is 0.176. The lowest BCUT2D eigenvalue weighted by atomic mass is 10.1. The molecule has 0 saturated carbocycles. The predicted octanol–water partition coefficient (Wildman–Crippen LogP) is 3.55. The highest BCUT2D eigenvalue weighted by Crippen LogP contribution is 2.28. The standard InChI is InChI=1S/C17H15N3O3S/c1-11-5-6-19(17(21)7-11)9-16-18-14(10-24-16)13-4-3-12(2)15(8-13)20(22)23/h3-8,10H,9H2,1-2H3. The zero-order valence-corrected chi connectivity index (χ0v) is 14.0. The van der Waals surface area contributed by atoms with Gasteiger partial charge in [-0.05, 0) is 25.5 Å². The molecule has 0 aliphatic carbocycles. The van der Waals surface area contributed by atoms with Gasteiger partial charge in [-0.15, -0.1) is 11.3 Å². The molecule has 6 nitrogen and oxygen atoms in total. The Morgan fingerprint density at radius 1 is 1.25 bits per heavy atom. The van der Waals surface area contributed by atoms with Gasteiger partial charge in [-0.25, -0.2) is 4.98 Å². The largest absolute Gasteiger partial charge is 0.309 e. The molecule has 0 unspecified atom stereocenters. The minimum absolute atomic E-state index is 0.0716. The fourth-order valence-electron chi connectivity index (χ4n) is 2.36. The summed E-state index contributed by atoms with van der Waals surface area (Å²) in [7, 11) is 0. The summed E-state index contributed by atoms with van der Waals surface area (Å²) in [5.41, 5.74) is 2.92. The molecule has 0 aliphatic heterocycles. The molecule has 2 heterocycles. The second-order valence-corrected chi connectivity index (χ2v) is 6.50. The monoisotopic (exact) mass is 341 g/mol. The SMILES string of the molecule is Cc1ccn(Cc2nc(-c3ccc(C)c([N+](=O)[O-])c3)cs2)c(=O)c1. The van der Waals surface area contributed by atoms with Crippen molar-refractivity contribution in [3.63, 3.8) is 0 Å². The van der Waals surface area contributed by atoms with Gasteiger partial charge >= 0.3 is 0 Å². The number of rotatable bonds is 4. The summed E-state index contributed by atoms with van der Waals surface area (Å²) in [6, 6.07) is 8.53. The first-order valence-corrected chi connectivity index (χ1v) is 8.19. The minimum atomic E-state index is -0.391. The van der Waals surface area contributed by atoms with Crippen LogP contribution in [-0.2, 0) is 6.54 Å². The molecule has 0 saturated heterocycles. The number of nitro groups is 1. The average molecular weight is 341 g/mol. The molecule has 24 heavy (non-hydrogen) atoms. The number of hydrogen-bond acceptors (Lipinski definition) is 5. The number of benzene rings is 1. The molecule has 0 atom stereocenters. The molecule has 2 aromatic heterocycles. The van der Waals surface area contributed by atoms with Gasteiger partial charge in [-0.3, -0.25) is 14.9 Å². The third-order valence-electron chi connectivity index (χ3n) is 3.71. The Kier molecular flexibility index (Phi) is 4.26. The van der Waals surface area contributed by atoms with Crippen LogP contribution in [0.4, 0.5) is 5.69 Å². The first-order valence-electron chi connectivity index (χ1n) is 7.31. The fourth-order valence-corrected chi connectivity index (χ4v) is 3.17. The molecule has 122 valence electrons. The number of thiazole rings is 1. The van der Waals surface area contributed by atoms with Gasteiger partial charge in [-0.2, -0.15) is 0 Å². The van der Waals surface area contributed by atoms with Gasteiger partial charge in [0, 0.05) is 34.8 Å².